The van der Waals surface area contributed by atoms with Gasteiger partial charge >= 0.3 is 0 Å². The zero-order valence-electron chi connectivity index (χ0n) is 13.0. The molecule has 0 amide bonds. The third-order valence-electron chi connectivity index (χ3n) is 4.04. The van der Waals surface area contributed by atoms with Crippen LogP contribution in [0.25, 0.3) is 10.8 Å². The smallest absolute Gasteiger partial charge is 0.212 e. The van der Waals surface area contributed by atoms with Crippen molar-refractivity contribution in [2.45, 2.75) is 37.2 Å². The molecule has 0 saturated carbocycles. The van der Waals surface area contributed by atoms with Crippen LogP contribution in [0.1, 0.15) is 35.7 Å². The summed E-state index contributed by atoms with van der Waals surface area (Å²) in [5, 5.41) is 12.6. The fraction of sp³-hybridized carbons (Fsp3) is 0.294. The molecule has 118 valence electrons. The van der Waals surface area contributed by atoms with Crippen molar-refractivity contribution in [3.05, 3.63) is 52.3 Å². The number of fused-ring (bicyclic) bond motifs is 2. The lowest BCUT2D eigenvalue weighted by Crippen LogP contribution is -2.15. The van der Waals surface area contributed by atoms with Gasteiger partial charge in [-0.05, 0) is 36.2 Å². The van der Waals surface area contributed by atoms with Crippen LogP contribution in [0.15, 0.2) is 35.5 Å². The van der Waals surface area contributed by atoms with E-state index in [-0.39, 0.29) is 5.37 Å². The second kappa shape index (κ2) is 5.73. The second-order valence-corrected chi connectivity index (χ2v) is 7.31. The standard InChI is InChI=1S/C17H17ClN4S/c1-3-4-15-19-20-17-22(15)21-16(23-17)13-8-12-7-10(2)5-6-11(12)9-14(13)18/h5-9,16,21H,3-4H2,1-2H3. The minimum Gasteiger partial charge on any atom is -0.304 e. The van der Waals surface area contributed by atoms with E-state index in [1.54, 1.807) is 11.8 Å². The van der Waals surface area contributed by atoms with E-state index < -0.39 is 0 Å². The number of benzene rings is 2. The summed E-state index contributed by atoms with van der Waals surface area (Å²) in [5.41, 5.74) is 5.81. The average molecular weight is 345 g/mol. The number of nitrogens with one attached hydrogen (secondary N) is 1. The SMILES string of the molecule is CCCc1nnc2n1NC(c1cc3cc(C)ccc3cc1Cl)S2. The zero-order valence-corrected chi connectivity index (χ0v) is 14.6. The van der Waals surface area contributed by atoms with Crippen LogP contribution < -0.4 is 5.43 Å². The van der Waals surface area contributed by atoms with Crippen LogP contribution in [-0.2, 0) is 6.42 Å². The van der Waals surface area contributed by atoms with E-state index in [1.165, 1.54) is 16.3 Å². The Bertz CT molecular complexity index is 890. The quantitative estimate of drug-likeness (QED) is 0.748. The number of aryl methyl sites for hydroxylation is 2. The Hall–Kier alpha value is -1.72. The molecule has 3 aromatic rings. The lowest BCUT2D eigenvalue weighted by Gasteiger charge is -2.15. The number of aromatic nitrogens is 3. The van der Waals surface area contributed by atoms with E-state index in [0.717, 1.165) is 34.4 Å². The third-order valence-corrected chi connectivity index (χ3v) is 5.43. The maximum absolute atomic E-state index is 6.54. The van der Waals surface area contributed by atoms with Gasteiger partial charge in [0.15, 0.2) is 5.82 Å². The number of nitrogens with zero attached hydrogens (tertiary/aromatic N) is 3. The third kappa shape index (κ3) is 2.58. The highest BCUT2D eigenvalue weighted by atomic mass is 35.5. The van der Waals surface area contributed by atoms with Gasteiger partial charge in [-0.3, -0.25) is 0 Å². The molecule has 0 saturated heterocycles. The Labute approximate surface area is 144 Å². The molecule has 4 rings (SSSR count). The Kier molecular flexibility index (Phi) is 3.70. The van der Waals surface area contributed by atoms with Gasteiger partial charge in [0.05, 0.1) is 0 Å². The summed E-state index contributed by atoms with van der Waals surface area (Å²) in [7, 11) is 0. The van der Waals surface area contributed by atoms with Gasteiger partial charge in [0, 0.05) is 17.0 Å². The maximum atomic E-state index is 6.54. The van der Waals surface area contributed by atoms with Crippen molar-refractivity contribution in [1.29, 1.82) is 0 Å². The predicted octanol–water partition coefficient (Wildman–Crippen LogP) is 4.69. The van der Waals surface area contributed by atoms with Crippen LogP contribution in [0.4, 0.5) is 0 Å². The van der Waals surface area contributed by atoms with E-state index in [0.29, 0.717) is 0 Å². The van der Waals surface area contributed by atoms with Crippen LogP contribution in [0.2, 0.25) is 5.02 Å². The Balaban J connectivity index is 1.71. The van der Waals surface area contributed by atoms with E-state index in [1.807, 2.05) is 10.7 Å². The lowest BCUT2D eigenvalue weighted by molar-refractivity contribution is 0.715. The zero-order chi connectivity index (χ0) is 16.0. The Morgan fingerprint density at radius 3 is 2.91 bits per heavy atom. The molecule has 23 heavy (non-hydrogen) atoms. The summed E-state index contributed by atoms with van der Waals surface area (Å²) in [6.07, 6.45) is 1.96. The van der Waals surface area contributed by atoms with Gasteiger partial charge in [-0.1, -0.05) is 54.0 Å². The fourth-order valence-electron chi connectivity index (χ4n) is 2.88. The summed E-state index contributed by atoms with van der Waals surface area (Å²) in [4.78, 5) is 0. The van der Waals surface area contributed by atoms with Crippen molar-refractivity contribution >= 4 is 34.1 Å². The molecule has 6 heteroatoms. The van der Waals surface area contributed by atoms with Gasteiger partial charge in [-0.2, -0.15) is 0 Å². The molecule has 1 aromatic heterocycles. The molecule has 1 aliphatic rings. The molecule has 0 bridgehead atoms. The topological polar surface area (TPSA) is 42.7 Å². The molecule has 1 atom stereocenters. The molecule has 1 N–H and O–H groups in total. The van der Waals surface area contributed by atoms with Crippen molar-refractivity contribution in [1.82, 2.24) is 14.9 Å². The van der Waals surface area contributed by atoms with Crippen LogP contribution in [0, 0.1) is 6.92 Å². The molecule has 1 aliphatic heterocycles. The predicted molar refractivity (Wildman–Crippen MR) is 95.7 cm³/mol. The first-order valence-corrected chi connectivity index (χ1v) is 8.99. The van der Waals surface area contributed by atoms with Gasteiger partial charge in [0.1, 0.15) is 5.37 Å². The van der Waals surface area contributed by atoms with Gasteiger partial charge < -0.3 is 5.43 Å². The molecular formula is C17H17ClN4S. The number of hydrogen-bond donors (Lipinski definition) is 1. The van der Waals surface area contributed by atoms with E-state index in [2.05, 4.69) is 53.7 Å². The summed E-state index contributed by atoms with van der Waals surface area (Å²) in [6.45, 7) is 4.25. The monoisotopic (exact) mass is 344 g/mol. The first kappa shape index (κ1) is 14.8. The minimum absolute atomic E-state index is 0.0634. The highest BCUT2D eigenvalue weighted by molar-refractivity contribution is 7.99. The second-order valence-electron chi connectivity index (χ2n) is 5.84. The highest BCUT2D eigenvalue weighted by Crippen LogP contribution is 2.42. The van der Waals surface area contributed by atoms with Crippen molar-refractivity contribution in [2.24, 2.45) is 0 Å². The number of thioether (sulfide) groups is 1. The average Bonchev–Trinajstić information content (AvgIpc) is 3.09. The van der Waals surface area contributed by atoms with Gasteiger partial charge in [0.2, 0.25) is 5.16 Å². The van der Waals surface area contributed by atoms with Crippen molar-refractivity contribution in [3.63, 3.8) is 0 Å². The first-order chi connectivity index (χ1) is 11.2. The normalized spacial score (nSPS) is 16.6. The Morgan fingerprint density at radius 2 is 2.09 bits per heavy atom. The van der Waals surface area contributed by atoms with Gasteiger partial charge in [0.25, 0.3) is 0 Å². The summed E-state index contributed by atoms with van der Waals surface area (Å²) in [6, 6.07) is 10.6. The molecule has 0 radical (unpaired) electrons. The highest BCUT2D eigenvalue weighted by Gasteiger charge is 2.28. The van der Waals surface area contributed by atoms with E-state index in [9.17, 15) is 0 Å². The van der Waals surface area contributed by atoms with E-state index in [4.69, 9.17) is 11.6 Å². The van der Waals surface area contributed by atoms with Crippen molar-refractivity contribution < 1.29 is 0 Å². The summed E-state index contributed by atoms with van der Waals surface area (Å²) in [5.74, 6) is 0.977. The first-order valence-electron chi connectivity index (χ1n) is 7.73. The van der Waals surface area contributed by atoms with E-state index >= 15 is 0 Å². The molecule has 1 unspecified atom stereocenters. The Morgan fingerprint density at radius 1 is 1.22 bits per heavy atom. The fourth-order valence-corrected chi connectivity index (χ4v) is 4.27. The van der Waals surface area contributed by atoms with Crippen LogP contribution in [0.5, 0.6) is 0 Å². The number of halogens is 1. The molecule has 2 heterocycles. The summed E-state index contributed by atoms with van der Waals surface area (Å²) >= 11 is 8.19. The van der Waals surface area contributed by atoms with Crippen LogP contribution in [-0.4, -0.2) is 14.9 Å². The molecule has 0 spiro atoms. The molecule has 4 nitrogen and oxygen atoms in total. The number of rotatable bonds is 3. The molecular weight excluding hydrogens is 328 g/mol. The largest absolute Gasteiger partial charge is 0.304 e. The number of hydrogen-bond acceptors (Lipinski definition) is 4. The van der Waals surface area contributed by atoms with Gasteiger partial charge in [-0.15, -0.1) is 10.2 Å². The molecule has 0 aliphatic carbocycles. The van der Waals surface area contributed by atoms with Crippen LogP contribution in [0.3, 0.4) is 0 Å². The minimum atomic E-state index is 0.0634. The van der Waals surface area contributed by atoms with Crippen molar-refractivity contribution in [2.75, 3.05) is 5.43 Å². The molecule has 0 fully saturated rings. The van der Waals surface area contributed by atoms with Gasteiger partial charge in [-0.25, -0.2) is 4.68 Å². The summed E-state index contributed by atoms with van der Waals surface area (Å²) < 4.78 is 2.00. The lowest BCUT2D eigenvalue weighted by atomic mass is 10.0. The maximum Gasteiger partial charge on any atom is 0.212 e. The van der Waals surface area contributed by atoms with Crippen LogP contribution >= 0.6 is 23.4 Å². The molecule has 2 aromatic carbocycles. The van der Waals surface area contributed by atoms with Crippen molar-refractivity contribution in [3.8, 4) is 0 Å².